The van der Waals surface area contributed by atoms with Crippen molar-refractivity contribution in [3.8, 4) is 0 Å². The minimum absolute atomic E-state index is 0.969. The Balaban J connectivity index is 1.97. The van der Waals surface area contributed by atoms with Gasteiger partial charge in [-0.15, -0.1) is 0 Å². The predicted octanol–water partition coefficient (Wildman–Crippen LogP) is 4.08. The molecule has 0 amide bonds. The molecule has 2 saturated carbocycles. The Morgan fingerprint density at radius 3 is 2.24 bits per heavy atom. The van der Waals surface area contributed by atoms with Gasteiger partial charge in [-0.3, -0.25) is 0 Å². The minimum Gasteiger partial charge on any atom is -0.319 e. The average Bonchev–Trinajstić information content (AvgIpc) is 2.29. The van der Waals surface area contributed by atoms with E-state index in [-0.39, 0.29) is 0 Å². The SMILES string of the molecule is CNCC1CCCCC1C1CC(C)CC(C)C1. The van der Waals surface area contributed by atoms with E-state index in [1.54, 1.807) is 0 Å². The quantitative estimate of drug-likeness (QED) is 0.780. The highest BCUT2D eigenvalue weighted by Crippen LogP contribution is 2.44. The molecule has 0 heterocycles. The summed E-state index contributed by atoms with van der Waals surface area (Å²) in [5.41, 5.74) is 0. The summed E-state index contributed by atoms with van der Waals surface area (Å²) in [6.45, 7) is 6.20. The Hall–Kier alpha value is -0.0400. The highest BCUT2D eigenvalue weighted by atomic mass is 14.8. The first kappa shape index (κ1) is 13.4. The van der Waals surface area contributed by atoms with Gasteiger partial charge in [0, 0.05) is 0 Å². The standard InChI is InChI=1S/C16H31N/c1-12-8-13(2)10-15(9-12)16-7-5-4-6-14(16)11-17-3/h12-17H,4-11H2,1-3H3. The average molecular weight is 237 g/mol. The van der Waals surface area contributed by atoms with Crippen LogP contribution in [0.3, 0.4) is 0 Å². The molecule has 0 aromatic rings. The van der Waals surface area contributed by atoms with Crippen LogP contribution >= 0.6 is 0 Å². The molecule has 2 fully saturated rings. The third kappa shape index (κ3) is 3.47. The molecule has 100 valence electrons. The van der Waals surface area contributed by atoms with Crippen molar-refractivity contribution in [2.45, 2.75) is 58.8 Å². The van der Waals surface area contributed by atoms with E-state index in [2.05, 4.69) is 26.2 Å². The van der Waals surface area contributed by atoms with Gasteiger partial charge in [0.05, 0.1) is 0 Å². The van der Waals surface area contributed by atoms with E-state index >= 15 is 0 Å². The molecule has 17 heavy (non-hydrogen) atoms. The lowest BCUT2D eigenvalue weighted by atomic mass is 9.64. The highest BCUT2D eigenvalue weighted by Gasteiger charge is 2.35. The summed E-state index contributed by atoms with van der Waals surface area (Å²) in [5, 5.41) is 3.43. The maximum atomic E-state index is 3.43. The summed E-state index contributed by atoms with van der Waals surface area (Å²) in [6, 6.07) is 0. The number of hydrogen-bond donors (Lipinski definition) is 1. The van der Waals surface area contributed by atoms with E-state index in [4.69, 9.17) is 0 Å². The maximum Gasteiger partial charge on any atom is -0.00208 e. The van der Waals surface area contributed by atoms with Crippen LogP contribution < -0.4 is 5.32 Å². The zero-order chi connectivity index (χ0) is 12.3. The lowest BCUT2D eigenvalue weighted by Gasteiger charge is -2.42. The molecule has 1 heteroatoms. The Morgan fingerprint density at radius 1 is 0.941 bits per heavy atom. The van der Waals surface area contributed by atoms with Gasteiger partial charge in [0.1, 0.15) is 0 Å². The van der Waals surface area contributed by atoms with Gasteiger partial charge in [0.15, 0.2) is 0 Å². The second kappa shape index (κ2) is 6.22. The summed E-state index contributed by atoms with van der Waals surface area (Å²) >= 11 is 0. The van der Waals surface area contributed by atoms with Crippen LogP contribution in [0.4, 0.5) is 0 Å². The molecule has 1 N–H and O–H groups in total. The molecule has 0 radical (unpaired) electrons. The molecule has 4 unspecified atom stereocenters. The van der Waals surface area contributed by atoms with Crippen molar-refractivity contribution in [3.05, 3.63) is 0 Å². The summed E-state index contributed by atoms with van der Waals surface area (Å²) in [7, 11) is 2.12. The summed E-state index contributed by atoms with van der Waals surface area (Å²) in [4.78, 5) is 0. The molecule has 0 aromatic heterocycles. The zero-order valence-electron chi connectivity index (χ0n) is 12.0. The largest absolute Gasteiger partial charge is 0.319 e. The molecule has 1 nitrogen and oxygen atoms in total. The smallest absolute Gasteiger partial charge is 0.00208 e. The molecular weight excluding hydrogens is 206 g/mol. The molecule has 2 rings (SSSR count). The van der Waals surface area contributed by atoms with E-state index in [0.717, 1.165) is 29.6 Å². The molecule has 2 aliphatic carbocycles. The summed E-state index contributed by atoms with van der Waals surface area (Å²) in [5.74, 6) is 4.98. The van der Waals surface area contributed by atoms with Crippen molar-refractivity contribution >= 4 is 0 Å². The molecule has 0 aliphatic heterocycles. The first-order valence-corrected chi connectivity index (χ1v) is 7.85. The van der Waals surface area contributed by atoms with Crippen LogP contribution in [0.25, 0.3) is 0 Å². The van der Waals surface area contributed by atoms with Crippen molar-refractivity contribution in [3.63, 3.8) is 0 Å². The molecule has 0 saturated heterocycles. The van der Waals surface area contributed by atoms with Gasteiger partial charge in [0.2, 0.25) is 0 Å². The fraction of sp³-hybridized carbons (Fsp3) is 1.00. The minimum atomic E-state index is 0.969. The van der Waals surface area contributed by atoms with Crippen LogP contribution in [0.5, 0.6) is 0 Å². The van der Waals surface area contributed by atoms with Crippen molar-refractivity contribution in [2.75, 3.05) is 13.6 Å². The van der Waals surface area contributed by atoms with E-state index in [9.17, 15) is 0 Å². The Morgan fingerprint density at radius 2 is 1.59 bits per heavy atom. The third-order valence-corrected chi connectivity index (χ3v) is 5.25. The Kier molecular flexibility index (Phi) is 4.90. The van der Waals surface area contributed by atoms with Crippen molar-refractivity contribution in [2.24, 2.45) is 29.6 Å². The van der Waals surface area contributed by atoms with E-state index in [0.29, 0.717) is 0 Å². The van der Waals surface area contributed by atoms with Crippen molar-refractivity contribution in [1.82, 2.24) is 5.32 Å². The fourth-order valence-corrected chi connectivity index (χ4v) is 4.73. The molecule has 0 spiro atoms. The van der Waals surface area contributed by atoms with Crippen LogP contribution in [0.1, 0.15) is 58.8 Å². The highest BCUT2D eigenvalue weighted by molar-refractivity contribution is 4.86. The lowest BCUT2D eigenvalue weighted by Crippen LogP contribution is -2.36. The molecule has 4 atom stereocenters. The first-order valence-electron chi connectivity index (χ1n) is 7.85. The van der Waals surface area contributed by atoms with Crippen LogP contribution in [-0.2, 0) is 0 Å². The number of hydrogen-bond acceptors (Lipinski definition) is 1. The van der Waals surface area contributed by atoms with Crippen molar-refractivity contribution in [1.29, 1.82) is 0 Å². The normalized spacial score (nSPS) is 43.6. The number of nitrogens with one attached hydrogen (secondary N) is 1. The van der Waals surface area contributed by atoms with E-state index in [1.807, 2.05) is 0 Å². The Bertz CT molecular complexity index is 214. The van der Waals surface area contributed by atoms with Gasteiger partial charge in [-0.05, 0) is 75.3 Å². The molecule has 0 bridgehead atoms. The van der Waals surface area contributed by atoms with E-state index in [1.165, 1.54) is 51.5 Å². The van der Waals surface area contributed by atoms with Crippen LogP contribution in [0.2, 0.25) is 0 Å². The molecule has 0 aromatic carbocycles. The van der Waals surface area contributed by atoms with Gasteiger partial charge in [0.25, 0.3) is 0 Å². The third-order valence-electron chi connectivity index (χ3n) is 5.25. The summed E-state index contributed by atoms with van der Waals surface area (Å²) < 4.78 is 0. The predicted molar refractivity (Wildman–Crippen MR) is 75.0 cm³/mol. The first-order chi connectivity index (χ1) is 8.20. The maximum absolute atomic E-state index is 3.43. The fourth-order valence-electron chi connectivity index (χ4n) is 4.73. The zero-order valence-corrected chi connectivity index (χ0v) is 12.0. The van der Waals surface area contributed by atoms with Crippen LogP contribution in [-0.4, -0.2) is 13.6 Å². The van der Waals surface area contributed by atoms with Gasteiger partial charge in [-0.2, -0.15) is 0 Å². The van der Waals surface area contributed by atoms with Gasteiger partial charge < -0.3 is 5.32 Å². The lowest BCUT2D eigenvalue weighted by molar-refractivity contribution is 0.0892. The summed E-state index contributed by atoms with van der Waals surface area (Å²) in [6.07, 6.45) is 10.4. The number of rotatable bonds is 3. The van der Waals surface area contributed by atoms with Crippen LogP contribution in [0, 0.1) is 29.6 Å². The Labute approximate surface area is 108 Å². The monoisotopic (exact) mass is 237 g/mol. The van der Waals surface area contributed by atoms with Crippen molar-refractivity contribution < 1.29 is 0 Å². The topological polar surface area (TPSA) is 12.0 Å². The molecular formula is C16H31N. The molecule has 2 aliphatic rings. The van der Waals surface area contributed by atoms with E-state index < -0.39 is 0 Å². The second-order valence-corrected chi connectivity index (χ2v) is 6.94. The van der Waals surface area contributed by atoms with Gasteiger partial charge in [-0.1, -0.05) is 26.7 Å². The van der Waals surface area contributed by atoms with Gasteiger partial charge >= 0.3 is 0 Å². The van der Waals surface area contributed by atoms with Crippen LogP contribution in [0.15, 0.2) is 0 Å². The second-order valence-electron chi connectivity index (χ2n) is 6.94. The van der Waals surface area contributed by atoms with Gasteiger partial charge in [-0.25, -0.2) is 0 Å².